The van der Waals surface area contributed by atoms with Crippen LogP contribution >= 0.6 is 0 Å². The third kappa shape index (κ3) is 9.85. The summed E-state index contributed by atoms with van der Waals surface area (Å²) in [6.07, 6.45) is 8.21. The molecule has 2 N–H and O–H groups in total. The van der Waals surface area contributed by atoms with Gasteiger partial charge in [0.15, 0.2) is 0 Å². The molecule has 41 heavy (non-hydrogen) atoms. The second-order valence-corrected chi connectivity index (χ2v) is 13.7. The van der Waals surface area contributed by atoms with Gasteiger partial charge < -0.3 is 24.4 Å². The first-order valence-corrected chi connectivity index (χ1v) is 16.9. The van der Waals surface area contributed by atoms with Gasteiger partial charge in [0.05, 0.1) is 36.7 Å². The van der Waals surface area contributed by atoms with Crippen molar-refractivity contribution in [1.82, 2.24) is 9.80 Å². The molecule has 1 heterocycles. The lowest BCUT2D eigenvalue weighted by Crippen LogP contribution is -2.48. The zero-order valence-corrected chi connectivity index (χ0v) is 26.1. The van der Waals surface area contributed by atoms with Gasteiger partial charge in [0, 0.05) is 44.3 Å². The van der Waals surface area contributed by atoms with E-state index in [9.17, 15) is 23.1 Å². The number of hydrogen-bond acceptors (Lipinski definition) is 7. The van der Waals surface area contributed by atoms with E-state index >= 15 is 0 Å². The summed E-state index contributed by atoms with van der Waals surface area (Å²) in [6, 6.07) is 4.17. The van der Waals surface area contributed by atoms with E-state index in [1.165, 1.54) is 12.5 Å². The minimum absolute atomic E-state index is 0.0581. The Morgan fingerprint density at radius 3 is 2.49 bits per heavy atom. The molecule has 0 bridgehead atoms. The smallest absolute Gasteiger partial charge is 0.258 e. The molecule has 3 rings (SSSR count). The van der Waals surface area contributed by atoms with Crippen molar-refractivity contribution < 1.29 is 32.6 Å². The van der Waals surface area contributed by atoms with E-state index in [1.54, 1.807) is 28.9 Å². The van der Waals surface area contributed by atoms with Crippen molar-refractivity contribution in [1.29, 1.82) is 0 Å². The fourth-order valence-corrected chi connectivity index (χ4v) is 6.24. The average Bonchev–Trinajstić information content (AvgIpc) is 2.93. The minimum Gasteiger partial charge on any atom is -0.490 e. The van der Waals surface area contributed by atoms with E-state index in [0.29, 0.717) is 18.9 Å². The lowest BCUT2D eigenvalue weighted by molar-refractivity contribution is -0.137. The summed E-state index contributed by atoms with van der Waals surface area (Å²) in [7, 11) is -1.73. The zero-order chi connectivity index (χ0) is 30.2. The minimum atomic E-state index is -3.56. The molecule has 2 aliphatic rings. The highest BCUT2D eigenvalue weighted by molar-refractivity contribution is 7.92. The number of hydrogen-bond donors (Lipinski definition) is 2. The Hall–Kier alpha value is -2.37. The van der Waals surface area contributed by atoms with Gasteiger partial charge in [-0.3, -0.25) is 14.3 Å². The van der Waals surface area contributed by atoms with Crippen LogP contribution in [0.3, 0.4) is 0 Å². The lowest BCUT2D eigenvalue weighted by Gasteiger charge is -2.36. The quantitative estimate of drug-likeness (QED) is 0.490. The third-order valence-corrected chi connectivity index (χ3v) is 8.75. The average molecular weight is 596 g/mol. The van der Waals surface area contributed by atoms with E-state index < -0.39 is 16.1 Å². The predicted molar refractivity (Wildman–Crippen MR) is 160 cm³/mol. The van der Waals surface area contributed by atoms with Crippen molar-refractivity contribution in [2.75, 3.05) is 44.3 Å². The molecule has 1 aliphatic carbocycles. The Kier molecular flexibility index (Phi) is 12.3. The highest BCUT2D eigenvalue weighted by atomic mass is 32.2. The van der Waals surface area contributed by atoms with Crippen LogP contribution in [0.2, 0.25) is 0 Å². The number of fused-ring (bicyclic) bond motifs is 1. The van der Waals surface area contributed by atoms with Crippen molar-refractivity contribution in [3.8, 4) is 5.75 Å². The van der Waals surface area contributed by atoms with Crippen LogP contribution < -0.4 is 9.46 Å². The first-order chi connectivity index (χ1) is 19.4. The van der Waals surface area contributed by atoms with Crippen molar-refractivity contribution in [3.05, 3.63) is 23.8 Å². The number of nitrogens with one attached hydrogen (secondary N) is 1. The Morgan fingerprint density at radius 2 is 1.83 bits per heavy atom. The fourth-order valence-electron chi connectivity index (χ4n) is 5.68. The molecule has 0 aromatic heterocycles. The summed E-state index contributed by atoms with van der Waals surface area (Å²) in [5, 5.41) is 10.1. The molecular formula is C30H49N3O7S. The number of sulfonamides is 1. The normalized spacial score (nSPS) is 24.5. The molecule has 2 amide bonds. The third-order valence-electron chi connectivity index (χ3n) is 8.14. The molecule has 0 radical (unpaired) electrons. The van der Waals surface area contributed by atoms with Gasteiger partial charge in [-0.25, -0.2) is 8.42 Å². The summed E-state index contributed by atoms with van der Waals surface area (Å²) >= 11 is 0. The Bertz CT molecular complexity index is 1120. The zero-order valence-electron chi connectivity index (χ0n) is 25.3. The van der Waals surface area contributed by atoms with Gasteiger partial charge in [-0.15, -0.1) is 0 Å². The molecule has 10 nitrogen and oxygen atoms in total. The topological polar surface area (TPSA) is 125 Å². The van der Waals surface area contributed by atoms with Crippen LogP contribution in [0.1, 0.15) is 82.5 Å². The van der Waals surface area contributed by atoms with Crippen molar-refractivity contribution in [2.24, 2.45) is 11.8 Å². The summed E-state index contributed by atoms with van der Waals surface area (Å²) in [5.41, 5.74) is 0.475. The van der Waals surface area contributed by atoms with E-state index in [1.807, 2.05) is 20.9 Å². The number of likely N-dealkylation sites (N-methyl/N-ethyl adjacent to an activating group) is 1. The van der Waals surface area contributed by atoms with Gasteiger partial charge in [-0.1, -0.05) is 26.2 Å². The van der Waals surface area contributed by atoms with Gasteiger partial charge in [0.1, 0.15) is 5.75 Å². The van der Waals surface area contributed by atoms with Crippen LogP contribution in [0.25, 0.3) is 0 Å². The first kappa shape index (κ1) is 33.1. The van der Waals surface area contributed by atoms with E-state index in [-0.39, 0.29) is 60.3 Å². The van der Waals surface area contributed by atoms with E-state index in [2.05, 4.69) is 4.72 Å². The molecule has 0 unspecified atom stereocenters. The van der Waals surface area contributed by atoms with Gasteiger partial charge >= 0.3 is 0 Å². The maximum absolute atomic E-state index is 14.1. The molecule has 1 aromatic rings. The maximum atomic E-state index is 14.1. The van der Waals surface area contributed by atoms with Crippen LogP contribution in [0.5, 0.6) is 5.75 Å². The lowest BCUT2D eigenvalue weighted by atomic mass is 9.88. The second kappa shape index (κ2) is 15.2. The van der Waals surface area contributed by atoms with Crippen LogP contribution in [0.4, 0.5) is 5.69 Å². The summed E-state index contributed by atoms with van der Waals surface area (Å²) < 4.78 is 38.8. The number of carbonyl (C=O) groups excluding carboxylic acids is 2. The van der Waals surface area contributed by atoms with Crippen LogP contribution in [0, 0.1) is 11.8 Å². The number of aliphatic hydroxyl groups is 1. The summed E-state index contributed by atoms with van der Waals surface area (Å²) in [6.45, 7) is 6.69. The molecule has 232 valence electrons. The molecule has 4 atom stereocenters. The number of amides is 2. The van der Waals surface area contributed by atoms with Crippen molar-refractivity contribution in [2.45, 2.75) is 90.4 Å². The highest BCUT2D eigenvalue weighted by Crippen LogP contribution is 2.29. The van der Waals surface area contributed by atoms with E-state index in [0.717, 1.165) is 51.2 Å². The number of anilines is 1. The molecule has 0 spiro atoms. The molecule has 1 saturated carbocycles. The molecule has 0 saturated heterocycles. The van der Waals surface area contributed by atoms with E-state index in [4.69, 9.17) is 9.47 Å². The second-order valence-electron chi connectivity index (χ2n) is 11.9. The van der Waals surface area contributed by atoms with Gasteiger partial charge in [-0.2, -0.15) is 0 Å². The van der Waals surface area contributed by atoms with Crippen LogP contribution in [-0.2, 0) is 19.6 Å². The molecule has 11 heteroatoms. The first-order valence-electron chi connectivity index (χ1n) is 15.0. The largest absolute Gasteiger partial charge is 0.490 e. The van der Waals surface area contributed by atoms with Gasteiger partial charge in [0.2, 0.25) is 15.9 Å². The predicted octanol–water partition coefficient (Wildman–Crippen LogP) is 3.89. The number of ether oxygens (including phenoxy) is 2. The SMILES string of the molecule is C[C@H](CO)N1C[C@H](C)[C@@H](CN(C)C(=O)C2CCCCC2)OCCCC[C@H](C)Oc2ccc(NS(C)(=O)=O)cc2C1=O. The van der Waals surface area contributed by atoms with Crippen LogP contribution in [-0.4, -0.2) is 93.0 Å². The number of aliphatic hydroxyl groups excluding tert-OH is 1. The number of carbonyl (C=O) groups is 2. The molecule has 1 fully saturated rings. The molecule has 1 aromatic carbocycles. The van der Waals surface area contributed by atoms with Gasteiger partial charge in [0.25, 0.3) is 5.91 Å². The number of benzene rings is 1. The monoisotopic (exact) mass is 595 g/mol. The maximum Gasteiger partial charge on any atom is 0.258 e. The summed E-state index contributed by atoms with van der Waals surface area (Å²) in [4.78, 5) is 30.7. The summed E-state index contributed by atoms with van der Waals surface area (Å²) in [5.74, 6) is 0.0514. The molecule has 1 aliphatic heterocycles. The fraction of sp³-hybridized carbons (Fsp3) is 0.733. The number of rotatable bonds is 7. The van der Waals surface area contributed by atoms with Crippen molar-refractivity contribution in [3.63, 3.8) is 0 Å². The van der Waals surface area contributed by atoms with Gasteiger partial charge in [-0.05, 0) is 64.2 Å². The highest BCUT2D eigenvalue weighted by Gasteiger charge is 2.32. The Labute approximate surface area is 245 Å². The Balaban J connectivity index is 1.92. The van der Waals surface area contributed by atoms with Crippen molar-refractivity contribution >= 4 is 27.5 Å². The molecular weight excluding hydrogens is 546 g/mol. The number of nitrogens with zero attached hydrogens (tertiary/aromatic N) is 2. The Morgan fingerprint density at radius 1 is 1.15 bits per heavy atom. The van der Waals surface area contributed by atoms with Crippen LogP contribution in [0.15, 0.2) is 18.2 Å². The standard InChI is InChI=1S/C30H49N3O7S/c1-21-18-33(22(2)20-34)30(36)26-17-25(31-41(5,37)38)14-15-27(26)40-23(3)11-9-10-16-39-28(21)19-32(4)29(35)24-12-7-6-8-13-24/h14-15,17,21-24,28,31,34H,6-13,16,18-20H2,1-5H3/t21-,22+,23-,28+/m0/s1.